The fourth-order valence-electron chi connectivity index (χ4n) is 3.55. The lowest BCUT2D eigenvalue weighted by atomic mass is 10.1. The third kappa shape index (κ3) is 4.58. The number of hydrogen-bond donors (Lipinski definition) is 1. The number of nitrogens with zero attached hydrogens (tertiary/aromatic N) is 3. The molecule has 9 nitrogen and oxygen atoms in total. The van der Waals surface area contributed by atoms with Crippen molar-refractivity contribution in [2.24, 2.45) is 0 Å². The van der Waals surface area contributed by atoms with Gasteiger partial charge in [-0.25, -0.2) is 8.42 Å². The summed E-state index contributed by atoms with van der Waals surface area (Å²) < 4.78 is 40.7. The fourth-order valence-corrected chi connectivity index (χ4v) is 4.88. The zero-order valence-electron chi connectivity index (χ0n) is 19.2. The summed E-state index contributed by atoms with van der Waals surface area (Å²) in [6, 6.07) is 14.6. The van der Waals surface area contributed by atoms with Gasteiger partial charge in [0.15, 0.2) is 5.76 Å². The molecule has 2 aromatic carbocycles. The molecular formula is C24H24N4O5S. The van der Waals surface area contributed by atoms with E-state index in [0.29, 0.717) is 52.0 Å². The van der Waals surface area contributed by atoms with Crippen molar-refractivity contribution in [1.82, 2.24) is 14.9 Å². The van der Waals surface area contributed by atoms with Crippen LogP contribution in [0.1, 0.15) is 23.9 Å². The molecule has 0 bridgehead atoms. The predicted octanol–water partition coefficient (Wildman–Crippen LogP) is 4.01. The molecule has 0 atom stereocenters. The van der Waals surface area contributed by atoms with E-state index in [9.17, 15) is 13.2 Å². The summed E-state index contributed by atoms with van der Waals surface area (Å²) in [4.78, 5) is 12.6. The van der Waals surface area contributed by atoms with Crippen LogP contribution in [0.3, 0.4) is 0 Å². The lowest BCUT2D eigenvalue weighted by molar-refractivity contribution is 0.340. The molecule has 0 aliphatic rings. The van der Waals surface area contributed by atoms with E-state index in [-0.39, 0.29) is 10.5 Å². The molecule has 2 heterocycles. The van der Waals surface area contributed by atoms with Crippen LogP contribution in [-0.2, 0) is 10.0 Å². The Morgan fingerprint density at radius 1 is 1.03 bits per heavy atom. The van der Waals surface area contributed by atoms with Gasteiger partial charge in [0.2, 0.25) is 0 Å². The molecule has 0 amide bonds. The van der Waals surface area contributed by atoms with Crippen LogP contribution in [0.4, 0.5) is 5.69 Å². The Kier molecular flexibility index (Phi) is 6.25. The highest BCUT2D eigenvalue weighted by Crippen LogP contribution is 2.26. The molecule has 10 heteroatoms. The highest BCUT2D eigenvalue weighted by Gasteiger charge is 2.20. The monoisotopic (exact) mass is 480 g/mol. The number of hydrogen-bond acceptors (Lipinski definition) is 7. The van der Waals surface area contributed by atoms with Gasteiger partial charge in [-0.3, -0.25) is 9.52 Å². The van der Waals surface area contributed by atoms with Crippen LogP contribution in [0.5, 0.6) is 5.75 Å². The van der Waals surface area contributed by atoms with E-state index in [1.54, 1.807) is 63.2 Å². The number of sulfonamides is 1. The van der Waals surface area contributed by atoms with Gasteiger partial charge < -0.3 is 9.26 Å². The number of anilines is 1. The van der Waals surface area contributed by atoms with Crippen LogP contribution in [0, 0.1) is 20.8 Å². The van der Waals surface area contributed by atoms with Crippen LogP contribution < -0.4 is 15.0 Å². The zero-order valence-corrected chi connectivity index (χ0v) is 20.0. The van der Waals surface area contributed by atoms with Crippen LogP contribution in [0.2, 0.25) is 0 Å². The summed E-state index contributed by atoms with van der Waals surface area (Å²) in [7, 11) is -3.89. The molecule has 0 radical (unpaired) electrons. The van der Waals surface area contributed by atoms with E-state index in [2.05, 4.69) is 15.0 Å². The number of benzene rings is 2. The van der Waals surface area contributed by atoms with Gasteiger partial charge in [0.1, 0.15) is 17.1 Å². The summed E-state index contributed by atoms with van der Waals surface area (Å²) in [6.07, 6.45) is 0. The van der Waals surface area contributed by atoms with Crippen LogP contribution >= 0.6 is 0 Å². The van der Waals surface area contributed by atoms with Gasteiger partial charge in [-0.15, -0.1) is 0 Å². The standard InChI is InChI=1S/C24H24N4O5S/c1-5-32-20-10-8-19(9-11-20)27-34(30,31)22-14-18(7-6-15(22)2)21-12-13-23(29)28(25-21)24-16(3)26-33-17(24)4/h6-14,27H,5H2,1-4H3. The lowest BCUT2D eigenvalue weighted by Crippen LogP contribution is -2.21. The highest BCUT2D eigenvalue weighted by molar-refractivity contribution is 7.92. The molecule has 0 saturated heterocycles. The van der Waals surface area contributed by atoms with Crippen LogP contribution in [0.25, 0.3) is 16.9 Å². The van der Waals surface area contributed by atoms with Crippen molar-refractivity contribution >= 4 is 15.7 Å². The van der Waals surface area contributed by atoms with Crippen LogP contribution in [-0.4, -0.2) is 30.0 Å². The fraction of sp³-hybridized carbons (Fsp3) is 0.208. The van der Waals surface area contributed by atoms with Gasteiger partial charge in [-0.2, -0.15) is 9.78 Å². The molecule has 0 saturated carbocycles. The van der Waals surface area contributed by atoms with Crippen molar-refractivity contribution < 1.29 is 17.7 Å². The van der Waals surface area contributed by atoms with E-state index in [0.717, 1.165) is 0 Å². The minimum absolute atomic E-state index is 0.107. The Morgan fingerprint density at radius 2 is 1.76 bits per heavy atom. The first-order valence-corrected chi connectivity index (χ1v) is 12.1. The molecule has 34 heavy (non-hydrogen) atoms. The minimum atomic E-state index is -3.89. The first-order chi connectivity index (χ1) is 16.2. The van der Waals surface area contributed by atoms with Crippen molar-refractivity contribution in [2.75, 3.05) is 11.3 Å². The maximum atomic E-state index is 13.2. The van der Waals surface area contributed by atoms with E-state index < -0.39 is 10.0 Å². The average Bonchev–Trinajstić information content (AvgIpc) is 3.13. The van der Waals surface area contributed by atoms with Gasteiger partial charge in [0, 0.05) is 17.3 Å². The largest absolute Gasteiger partial charge is 0.494 e. The molecule has 176 valence electrons. The molecule has 1 N–H and O–H groups in total. The molecule has 0 spiro atoms. The molecule has 2 aromatic heterocycles. The molecule has 0 unspecified atom stereocenters. The summed E-state index contributed by atoms with van der Waals surface area (Å²) in [5.41, 5.74) is 2.59. The molecule has 0 aliphatic carbocycles. The van der Waals surface area contributed by atoms with E-state index >= 15 is 0 Å². The average molecular weight is 481 g/mol. The predicted molar refractivity (Wildman–Crippen MR) is 128 cm³/mol. The summed E-state index contributed by atoms with van der Waals surface area (Å²) in [5, 5.41) is 8.33. The van der Waals surface area contributed by atoms with Gasteiger partial charge in [-0.1, -0.05) is 17.3 Å². The van der Waals surface area contributed by atoms with Crippen molar-refractivity contribution in [3.05, 3.63) is 82.0 Å². The van der Waals surface area contributed by atoms with Gasteiger partial charge in [0.25, 0.3) is 15.6 Å². The number of aromatic nitrogens is 3. The van der Waals surface area contributed by atoms with E-state index in [1.807, 2.05) is 6.92 Å². The van der Waals surface area contributed by atoms with Crippen LogP contribution in [0.15, 0.2) is 68.8 Å². The van der Waals surface area contributed by atoms with Crippen molar-refractivity contribution in [2.45, 2.75) is 32.6 Å². The topological polar surface area (TPSA) is 116 Å². The minimum Gasteiger partial charge on any atom is -0.494 e. The maximum Gasteiger partial charge on any atom is 0.271 e. The molecular weight excluding hydrogens is 456 g/mol. The first kappa shape index (κ1) is 23.2. The normalized spacial score (nSPS) is 11.4. The highest BCUT2D eigenvalue weighted by atomic mass is 32.2. The van der Waals surface area contributed by atoms with Crippen molar-refractivity contribution in [3.63, 3.8) is 0 Å². The molecule has 4 aromatic rings. The lowest BCUT2D eigenvalue weighted by Gasteiger charge is -2.13. The first-order valence-electron chi connectivity index (χ1n) is 10.6. The van der Waals surface area contributed by atoms with Crippen molar-refractivity contribution in [3.8, 4) is 22.7 Å². The Morgan fingerprint density at radius 3 is 2.41 bits per heavy atom. The third-order valence-corrected chi connectivity index (χ3v) is 6.72. The third-order valence-electron chi connectivity index (χ3n) is 5.20. The second-order valence-corrected chi connectivity index (χ2v) is 9.34. The quantitative estimate of drug-likeness (QED) is 0.425. The SMILES string of the molecule is CCOc1ccc(NS(=O)(=O)c2cc(-c3ccc(=O)n(-c4c(C)noc4C)n3)ccc2C)cc1. The number of aryl methyl sites for hydroxylation is 3. The Balaban J connectivity index is 1.71. The number of rotatable bonds is 7. The Hall–Kier alpha value is -3.92. The Labute approximate surface area is 197 Å². The number of nitrogens with one attached hydrogen (secondary N) is 1. The molecule has 0 aliphatic heterocycles. The summed E-state index contributed by atoms with van der Waals surface area (Å²) >= 11 is 0. The second-order valence-electron chi connectivity index (χ2n) is 7.68. The van der Waals surface area contributed by atoms with Crippen molar-refractivity contribution in [1.29, 1.82) is 0 Å². The number of ether oxygens (including phenoxy) is 1. The van der Waals surface area contributed by atoms with E-state index in [4.69, 9.17) is 9.26 Å². The Bertz CT molecular complexity index is 1490. The summed E-state index contributed by atoms with van der Waals surface area (Å²) in [5.74, 6) is 1.11. The van der Waals surface area contributed by atoms with Gasteiger partial charge in [-0.05, 0) is 69.7 Å². The second kappa shape index (κ2) is 9.14. The maximum absolute atomic E-state index is 13.2. The van der Waals surface area contributed by atoms with Gasteiger partial charge >= 0.3 is 0 Å². The van der Waals surface area contributed by atoms with E-state index in [1.165, 1.54) is 16.8 Å². The molecule has 4 rings (SSSR count). The smallest absolute Gasteiger partial charge is 0.271 e. The molecule has 0 fully saturated rings. The summed E-state index contributed by atoms with van der Waals surface area (Å²) in [6.45, 7) is 7.53. The zero-order chi connectivity index (χ0) is 24.5. The van der Waals surface area contributed by atoms with Gasteiger partial charge in [0.05, 0.1) is 17.2 Å².